The third-order valence-corrected chi connectivity index (χ3v) is 6.61. The Balaban J connectivity index is 1.54. The zero-order chi connectivity index (χ0) is 29.0. The molecule has 4 aromatic heterocycles. The van der Waals surface area contributed by atoms with Gasteiger partial charge in [-0.1, -0.05) is 6.07 Å². The molecule has 5 rings (SSSR count). The number of carbonyl (C=O) groups is 2. The van der Waals surface area contributed by atoms with E-state index in [1.165, 1.54) is 37.1 Å². The van der Waals surface area contributed by atoms with Gasteiger partial charge in [-0.05, 0) is 19.1 Å². The van der Waals surface area contributed by atoms with Crippen LogP contribution in [0.1, 0.15) is 41.6 Å². The molecule has 16 heteroatoms. The molecular formula is C24H20F5N9O2. The number of Topliss-reactive ketones (excluding diaryl/α,β-unsaturated/α-hetero) is 1. The molecule has 1 aliphatic heterocycles. The number of pyridine rings is 1. The van der Waals surface area contributed by atoms with Crippen molar-refractivity contribution >= 4 is 34.4 Å². The average Bonchev–Trinajstić information content (AvgIpc) is 3.38. The Morgan fingerprint density at radius 3 is 2.55 bits per heavy atom. The van der Waals surface area contributed by atoms with Crippen LogP contribution in [-0.2, 0) is 23.7 Å². The van der Waals surface area contributed by atoms with E-state index in [-0.39, 0.29) is 57.7 Å². The van der Waals surface area contributed by atoms with Crippen molar-refractivity contribution in [3.8, 4) is 11.5 Å². The summed E-state index contributed by atoms with van der Waals surface area (Å²) in [4.78, 5) is 46.8. The number of nitrogen functional groups attached to an aromatic ring is 1. The number of nitrogens with one attached hydrogen (secondary N) is 1. The van der Waals surface area contributed by atoms with Gasteiger partial charge < -0.3 is 11.1 Å². The molecule has 1 atom stereocenters. The van der Waals surface area contributed by atoms with Crippen LogP contribution in [0.2, 0.25) is 0 Å². The number of alkyl halides is 5. The lowest BCUT2D eigenvalue weighted by molar-refractivity contribution is -0.284. The summed E-state index contributed by atoms with van der Waals surface area (Å²) in [6.45, 7) is 1.51. The molecule has 208 valence electrons. The number of nitrogens with two attached hydrogens (primary N) is 1. The minimum atomic E-state index is -5.73. The van der Waals surface area contributed by atoms with Gasteiger partial charge in [0.15, 0.2) is 17.3 Å². The number of carbonyl (C=O) groups excluding carboxylic acids is 2. The van der Waals surface area contributed by atoms with Gasteiger partial charge in [-0.3, -0.25) is 19.3 Å². The number of anilines is 2. The highest BCUT2D eigenvalue weighted by Crippen LogP contribution is 2.44. The second kappa shape index (κ2) is 9.24. The summed E-state index contributed by atoms with van der Waals surface area (Å²) in [6, 6.07) is 4.79. The predicted molar refractivity (Wildman–Crippen MR) is 130 cm³/mol. The Bertz CT molecular complexity index is 1660. The smallest absolute Gasteiger partial charge is 0.383 e. The molecule has 1 unspecified atom stereocenters. The van der Waals surface area contributed by atoms with Crippen LogP contribution in [0, 0.1) is 0 Å². The van der Waals surface area contributed by atoms with E-state index in [0.29, 0.717) is 0 Å². The van der Waals surface area contributed by atoms with Gasteiger partial charge in [0, 0.05) is 32.5 Å². The van der Waals surface area contributed by atoms with E-state index >= 15 is 0 Å². The quantitative estimate of drug-likeness (QED) is 0.255. The van der Waals surface area contributed by atoms with Gasteiger partial charge in [0.05, 0.1) is 22.6 Å². The number of hydrogen-bond donors (Lipinski definition) is 2. The van der Waals surface area contributed by atoms with Crippen molar-refractivity contribution in [2.75, 3.05) is 11.1 Å². The van der Waals surface area contributed by atoms with Crippen molar-refractivity contribution in [3.05, 3.63) is 47.7 Å². The summed E-state index contributed by atoms with van der Waals surface area (Å²) < 4.78 is 66.5. The summed E-state index contributed by atoms with van der Waals surface area (Å²) in [7, 11) is 1.50. The highest BCUT2D eigenvalue weighted by molar-refractivity contribution is 6.10. The third-order valence-electron chi connectivity index (χ3n) is 6.61. The Hall–Kier alpha value is -4.63. The molecule has 40 heavy (non-hydrogen) atoms. The maximum Gasteiger partial charge on any atom is 0.453 e. The van der Waals surface area contributed by atoms with Crippen LogP contribution in [0.4, 0.5) is 33.6 Å². The van der Waals surface area contributed by atoms with Crippen LogP contribution in [0.3, 0.4) is 0 Å². The van der Waals surface area contributed by atoms with E-state index in [2.05, 4.69) is 35.3 Å². The first-order valence-electron chi connectivity index (χ1n) is 11.8. The number of nitrogens with zero attached hydrogens (tertiary/aromatic N) is 7. The topological polar surface area (TPSA) is 154 Å². The van der Waals surface area contributed by atoms with Gasteiger partial charge in [-0.2, -0.15) is 27.1 Å². The van der Waals surface area contributed by atoms with Crippen LogP contribution >= 0.6 is 0 Å². The van der Waals surface area contributed by atoms with Crippen molar-refractivity contribution < 1.29 is 31.5 Å². The molecule has 5 heterocycles. The van der Waals surface area contributed by atoms with E-state index in [0.717, 1.165) is 0 Å². The Morgan fingerprint density at radius 1 is 1.12 bits per heavy atom. The van der Waals surface area contributed by atoms with E-state index in [4.69, 9.17) is 5.73 Å². The van der Waals surface area contributed by atoms with Crippen molar-refractivity contribution in [1.29, 1.82) is 0 Å². The molecule has 1 amide bonds. The zero-order valence-corrected chi connectivity index (χ0v) is 20.9. The first-order valence-corrected chi connectivity index (χ1v) is 11.8. The van der Waals surface area contributed by atoms with Gasteiger partial charge in [0.2, 0.25) is 5.91 Å². The Morgan fingerprint density at radius 2 is 1.88 bits per heavy atom. The van der Waals surface area contributed by atoms with E-state index in [1.807, 2.05) is 0 Å². The van der Waals surface area contributed by atoms with Gasteiger partial charge in [-0.25, -0.2) is 19.9 Å². The van der Waals surface area contributed by atoms with E-state index < -0.39 is 42.0 Å². The zero-order valence-electron chi connectivity index (χ0n) is 20.9. The lowest BCUT2D eigenvalue weighted by Gasteiger charge is -2.21. The summed E-state index contributed by atoms with van der Waals surface area (Å²) in [5.74, 6) is -6.56. The molecule has 0 saturated carbocycles. The molecule has 0 aliphatic carbocycles. The maximum atomic E-state index is 13.6. The van der Waals surface area contributed by atoms with Gasteiger partial charge in [0.1, 0.15) is 28.8 Å². The lowest BCUT2D eigenvalue weighted by atomic mass is 9.79. The molecule has 0 fully saturated rings. The van der Waals surface area contributed by atoms with Gasteiger partial charge in [-0.15, -0.1) is 0 Å². The van der Waals surface area contributed by atoms with Crippen LogP contribution in [-0.4, -0.2) is 58.5 Å². The SMILES string of the molecule is Cn1ncc2c(-c3nc(N)c4c(n3)NC(=O)C4(C)CC(=O)c3ccccn3)nc(CCC(F)(F)C(F)(F)F)nc21. The molecule has 0 radical (unpaired) electrons. The summed E-state index contributed by atoms with van der Waals surface area (Å²) in [5, 5.41) is 6.91. The number of rotatable bonds is 7. The standard InChI is InChI=1S/C24H20F5N9O2/c1-22(9-13(39)12-5-3-4-8-31-12)15-17(30)35-19(36-18(15)37-21(22)40)16-11-10-32-38(2)20(11)34-14(33-16)6-7-23(25,26)24(27,28)29/h3-5,8,10H,6-7,9H2,1-2H3,(H3,30,35,36,37,40). The van der Waals surface area contributed by atoms with Crippen molar-refractivity contribution in [3.63, 3.8) is 0 Å². The molecule has 1 aliphatic rings. The van der Waals surface area contributed by atoms with Crippen LogP contribution < -0.4 is 11.1 Å². The average molecular weight is 561 g/mol. The third kappa shape index (κ3) is 4.48. The normalized spacial score (nSPS) is 17.2. The number of aryl methyl sites for hydroxylation is 2. The van der Waals surface area contributed by atoms with Crippen molar-refractivity contribution in [2.24, 2.45) is 7.05 Å². The fraction of sp³-hybridized carbons (Fsp3) is 0.333. The minimum absolute atomic E-state index is 0.00429. The Kier molecular flexibility index (Phi) is 6.22. The monoisotopic (exact) mass is 561 g/mol. The number of fused-ring (bicyclic) bond motifs is 2. The number of hydrogen-bond acceptors (Lipinski definition) is 9. The van der Waals surface area contributed by atoms with Gasteiger partial charge >= 0.3 is 12.1 Å². The van der Waals surface area contributed by atoms with Crippen LogP contribution in [0.25, 0.3) is 22.6 Å². The molecular weight excluding hydrogens is 541 g/mol. The van der Waals surface area contributed by atoms with Crippen molar-refractivity contribution in [1.82, 2.24) is 34.7 Å². The number of ketones is 1. The number of amides is 1. The lowest BCUT2D eigenvalue weighted by Crippen LogP contribution is -2.36. The summed E-state index contributed by atoms with van der Waals surface area (Å²) >= 11 is 0. The molecule has 3 N–H and O–H groups in total. The molecule has 11 nitrogen and oxygen atoms in total. The maximum absolute atomic E-state index is 13.6. The first-order chi connectivity index (χ1) is 18.7. The highest BCUT2D eigenvalue weighted by atomic mass is 19.4. The Labute approximate surface area is 222 Å². The van der Waals surface area contributed by atoms with Crippen molar-refractivity contribution in [2.45, 2.75) is 43.7 Å². The second-order valence-electron chi connectivity index (χ2n) is 9.45. The highest BCUT2D eigenvalue weighted by Gasteiger charge is 2.56. The fourth-order valence-electron chi connectivity index (χ4n) is 4.45. The summed E-state index contributed by atoms with van der Waals surface area (Å²) in [5.41, 5.74) is 5.25. The number of aromatic nitrogens is 7. The second-order valence-corrected chi connectivity index (χ2v) is 9.45. The van der Waals surface area contributed by atoms with Crippen LogP contribution in [0.15, 0.2) is 30.6 Å². The molecule has 4 aromatic rings. The fourth-order valence-corrected chi connectivity index (χ4v) is 4.45. The summed E-state index contributed by atoms with van der Waals surface area (Å²) in [6.07, 6.45) is -5.61. The largest absolute Gasteiger partial charge is 0.453 e. The molecule has 0 aromatic carbocycles. The molecule has 0 spiro atoms. The van der Waals surface area contributed by atoms with E-state index in [9.17, 15) is 31.5 Å². The van der Waals surface area contributed by atoms with Gasteiger partial charge in [0.25, 0.3) is 0 Å². The molecule has 0 bridgehead atoms. The first kappa shape index (κ1) is 27.0. The minimum Gasteiger partial charge on any atom is -0.383 e. The number of halogens is 5. The molecule has 0 saturated heterocycles. The van der Waals surface area contributed by atoms with Crippen LogP contribution in [0.5, 0.6) is 0 Å². The van der Waals surface area contributed by atoms with E-state index in [1.54, 1.807) is 12.1 Å². The predicted octanol–water partition coefficient (Wildman–Crippen LogP) is 3.41.